The van der Waals surface area contributed by atoms with E-state index < -0.39 is 0 Å². The molecule has 1 unspecified atom stereocenters. The van der Waals surface area contributed by atoms with E-state index in [4.69, 9.17) is 9.53 Å². The highest BCUT2D eigenvalue weighted by atomic mass is 16.5. The molecule has 0 radical (unpaired) electrons. The molecule has 180 valence electrons. The van der Waals surface area contributed by atoms with Crippen molar-refractivity contribution in [2.75, 3.05) is 17.7 Å². The Morgan fingerprint density at radius 2 is 1.53 bits per heavy atom. The third-order valence-corrected chi connectivity index (χ3v) is 5.14. The number of hydrogen-bond donors (Lipinski definition) is 2. The highest BCUT2D eigenvalue weighted by Crippen LogP contribution is 2.51. The summed E-state index contributed by atoms with van der Waals surface area (Å²) >= 11 is 0. The zero-order valence-electron chi connectivity index (χ0n) is 20.5. The summed E-state index contributed by atoms with van der Waals surface area (Å²) in [6.45, 7) is 14.3. The molecular weight excluding hydrogens is 426 g/mol. The van der Waals surface area contributed by atoms with Gasteiger partial charge in [-0.3, -0.25) is 4.79 Å². The second-order valence-electron chi connectivity index (χ2n) is 8.15. The topological polar surface area (TPSA) is 80.3 Å². The maximum Gasteiger partial charge on any atom is 0.228 e. The number of aromatic nitrogens is 1. The number of nitrogens with zero attached hydrogens (tertiary/aromatic N) is 1. The Kier molecular flexibility index (Phi) is 11.8. The molecule has 1 aliphatic rings. The van der Waals surface area contributed by atoms with Crippen LogP contribution >= 0.6 is 0 Å². The normalized spacial score (nSPS) is 14.3. The van der Waals surface area contributed by atoms with Gasteiger partial charge in [0.2, 0.25) is 11.8 Å². The second kappa shape index (κ2) is 14.3. The lowest BCUT2D eigenvalue weighted by Gasteiger charge is -2.08. The Morgan fingerprint density at radius 1 is 0.971 bits per heavy atom. The molecule has 1 amide bonds. The zero-order valence-corrected chi connectivity index (χ0v) is 20.5. The zero-order chi connectivity index (χ0) is 25.6. The average molecular weight is 462 g/mol. The molecule has 0 bridgehead atoms. The van der Waals surface area contributed by atoms with Crippen LogP contribution < -0.4 is 15.4 Å². The van der Waals surface area contributed by atoms with E-state index in [0.717, 1.165) is 12.1 Å². The standard InChI is InChI=1S/C18H21N3O2.C7H8.C2H4.CH2O/c1-18(2)10-15(18)17(22)21-13-6-9-16(20-11-13)23-14-7-4-12(19-3)5-8-14;1-7-5-3-2-4-6-7;2*1-2/h4-9,11,15,19H,10H2,1-3H3,(H,21,22);2-6H,1H3;1-2H2;1H2. The van der Waals surface area contributed by atoms with Crippen molar-refractivity contribution in [3.05, 3.63) is 91.6 Å². The summed E-state index contributed by atoms with van der Waals surface area (Å²) in [7, 11) is 1.87. The second-order valence-corrected chi connectivity index (χ2v) is 8.15. The predicted octanol–water partition coefficient (Wildman–Crippen LogP) is 6.51. The summed E-state index contributed by atoms with van der Waals surface area (Å²) in [5, 5.41) is 5.95. The van der Waals surface area contributed by atoms with Gasteiger partial charge in [0.15, 0.2) is 0 Å². The summed E-state index contributed by atoms with van der Waals surface area (Å²) < 4.78 is 5.68. The Morgan fingerprint density at radius 3 is 1.94 bits per heavy atom. The first-order chi connectivity index (χ1) is 16.4. The largest absolute Gasteiger partial charge is 0.439 e. The predicted molar refractivity (Wildman–Crippen MR) is 140 cm³/mol. The van der Waals surface area contributed by atoms with Crippen molar-refractivity contribution in [3.63, 3.8) is 0 Å². The molecule has 2 aromatic carbocycles. The fourth-order valence-electron chi connectivity index (χ4n) is 3.00. The fourth-order valence-corrected chi connectivity index (χ4v) is 3.00. The minimum atomic E-state index is 0.0631. The molecule has 3 aromatic rings. The quantitative estimate of drug-likeness (QED) is 0.423. The molecule has 1 saturated carbocycles. The van der Waals surface area contributed by atoms with Crippen molar-refractivity contribution in [3.8, 4) is 11.6 Å². The molecule has 1 heterocycles. The van der Waals surface area contributed by atoms with Gasteiger partial charge < -0.3 is 20.2 Å². The highest BCUT2D eigenvalue weighted by molar-refractivity contribution is 5.94. The summed E-state index contributed by atoms with van der Waals surface area (Å²) in [6, 6.07) is 21.4. The van der Waals surface area contributed by atoms with Crippen LogP contribution in [0.25, 0.3) is 0 Å². The average Bonchev–Trinajstić information content (AvgIpc) is 3.52. The van der Waals surface area contributed by atoms with E-state index in [1.165, 1.54) is 5.56 Å². The van der Waals surface area contributed by atoms with Gasteiger partial charge in [0.25, 0.3) is 0 Å². The van der Waals surface area contributed by atoms with Crippen LogP contribution in [-0.2, 0) is 9.59 Å². The molecule has 2 N–H and O–H groups in total. The molecule has 6 heteroatoms. The molecule has 34 heavy (non-hydrogen) atoms. The molecule has 0 aliphatic heterocycles. The number of rotatable bonds is 5. The molecule has 1 atom stereocenters. The number of ether oxygens (including phenoxy) is 1. The van der Waals surface area contributed by atoms with Gasteiger partial charge in [-0.1, -0.05) is 49.7 Å². The lowest BCUT2D eigenvalue weighted by atomic mass is 10.1. The van der Waals surface area contributed by atoms with E-state index in [2.05, 4.69) is 61.7 Å². The Labute approximate surface area is 203 Å². The Hall–Kier alpha value is -3.93. The van der Waals surface area contributed by atoms with Gasteiger partial charge >= 0.3 is 0 Å². The number of anilines is 2. The number of nitrogens with one attached hydrogen (secondary N) is 2. The number of carbonyl (C=O) groups is 2. The van der Waals surface area contributed by atoms with Crippen LogP contribution in [-0.4, -0.2) is 24.7 Å². The van der Waals surface area contributed by atoms with Crippen LogP contribution in [0.15, 0.2) is 86.1 Å². The lowest BCUT2D eigenvalue weighted by Crippen LogP contribution is -2.16. The van der Waals surface area contributed by atoms with E-state index >= 15 is 0 Å². The molecule has 6 nitrogen and oxygen atoms in total. The van der Waals surface area contributed by atoms with Crippen LogP contribution in [0.1, 0.15) is 25.8 Å². The van der Waals surface area contributed by atoms with Gasteiger partial charge in [0, 0.05) is 24.7 Å². The van der Waals surface area contributed by atoms with Gasteiger partial charge in [-0.05, 0) is 49.1 Å². The molecule has 1 aromatic heterocycles. The van der Waals surface area contributed by atoms with Crippen LogP contribution in [0.4, 0.5) is 11.4 Å². The monoisotopic (exact) mass is 461 g/mol. The van der Waals surface area contributed by atoms with Crippen molar-refractivity contribution < 1.29 is 14.3 Å². The summed E-state index contributed by atoms with van der Waals surface area (Å²) in [5.74, 6) is 1.37. The first kappa shape index (κ1) is 28.1. The number of amides is 1. The fraction of sp³-hybridized carbons (Fsp3) is 0.250. The smallest absolute Gasteiger partial charge is 0.228 e. The molecule has 1 fully saturated rings. The van der Waals surface area contributed by atoms with Crippen molar-refractivity contribution >= 4 is 24.1 Å². The third kappa shape index (κ3) is 9.28. The first-order valence-electron chi connectivity index (χ1n) is 10.9. The van der Waals surface area contributed by atoms with Crippen molar-refractivity contribution in [2.24, 2.45) is 11.3 Å². The summed E-state index contributed by atoms with van der Waals surface area (Å²) in [6.07, 6.45) is 2.56. The van der Waals surface area contributed by atoms with Gasteiger partial charge in [0.1, 0.15) is 12.5 Å². The van der Waals surface area contributed by atoms with Gasteiger partial charge in [-0.15, -0.1) is 13.2 Å². The summed E-state index contributed by atoms with van der Waals surface area (Å²) in [5.41, 5.74) is 3.16. The van der Waals surface area contributed by atoms with Gasteiger partial charge in [-0.25, -0.2) is 4.98 Å². The number of pyridine rings is 1. The van der Waals surface area contributed by atoms with E-state index in [1.807, 2.05) is 56.3 Å². The van der Waals surface area contributed by atoms with E-state index in [0.29, 0.717) is 17.3 Å². The molecule has 0 spiro atoms. The number of aryl methyl sites for hydroxylation is 1. The van der Waals surface area contributed by atoms with Gasteiger partial charge in [0.05, 0.1) is 11.9 Å². The van der Waals surface area contributed by atoms with E-state index in [1.54, 1.807) is 18.3 Å². The Bertz CT molecular complexity index is 986. The van der Waals surface area contributed by atoms with Crippen LogP contribution in [0, 0.1) is 18.3 Å². The molecule has 1 aliphatic carbocycles. The van der Waals surface area contributed by atoms with Crippen molar-refractivity contribution in [1.29, 1.82) is 0 Å². The van der Waals surface area contributed by atoms with E-state index in [-0.39, 0.29) is 17.2 Å². The third-order valence-electron chi connectivity index (χ3n) is 5.14. The van der Waals surface area contributed by atoms with Crippen molar-refractivity contribution in [2.45, 2.75) is 27.2 Å². The summed E-state index contributed by atoms with van der Waals surface area (Å²) in [4.78, 5) is 24.3. The lowest BCUT2D eigenvalue weighted by molar-refractivity contribution is -0.118. The molecular formula is C28H35N3O3. The highest BCUT2D eigenvalue weighted by Gasteiger charge is 2.50. The van der Waals surface area contributed by atoms with Crippen LogP contribution in [0.2, 0.25) is 0 Å². The Balaban J connectivity index is 0.000000441. The number of benzene rings is 2. The van der Waals surface area contributed by atoms with Crippen molar-refractivity contribution in [1.82, 2.24) is 4.98 Å². The maximum atomic E-state index is 12.1. The SMILES string of the molecule is C=C.C=O.CNc1ccc(Oc2ccc(NC(=O)C3CC3(C)C)cn2)cc1.Cc1ccccc1. The number of carbonyl (C=O) groups excluding carboxylic acids is 2. The molecule has 0 saturated heterocycles. The van der Waals surface area contributed by atoms with Crippen LogP contribution in [0.5, 0.6) is 11.6 Å². The van der Waals surface area contributed by atoms with Crippen LogP contribution in [0.3, 0.4) is 0 Å². The molecule has 4 rings (SSSR count). The number of hydrogen-bond acceptors (Lipinski definition) is 5. The first-order valence-corrected chi connectivity index (χ1v) is 10.9. The minimum Gasteiger partial charge on any atom is -0.439 e. The maximum absolute atomic E-state index is 12.1. The minimum absolute atomic E-state index is 0.0631. The van der Waals surface area contributed by atoms with Gasteiger partial charge in [-0.2, -0.15) is 0 Å². The van der Waals surface area contributed by atoms with E-state index in [9.17, 15) is 4.79 Å².